The Kier molecular flexibility index (Phi) is 4.32. The molecule has 1 aliphatic heterocycles. The molecule has 0 saturated heterocycles. The maximum atomic E-state index is 13.4. The lowest BCUT2D eigenvalue weighted by Gasteiger charge is -2.22. The highest BCUT2D eigenvalue weighted by atomic mass is 19.1. The molecule has 4 rings (SSSR count). The molecule has 0 spiro atoms. The van der Waals surface area contributed by atoms with Gasteiger partial charge in [-0.3, -0.25) is 9.59 Å². The smallest absolute Gasteiger partial charge is 0.278 e. The molecule has 0 unspecified atom stereocenters. The molecule has 6 heteroatoms. The first-order valence-electron chi connectivity index (χ1n) is 8.77. The molecule has 3 aromatic rings. The Labute approximate surface area is 155 Å². The van der Waals surface area contributed by atoms with Crippen LogP contribution in [0.25, 0.3) is 0 Å². The molecule has 0 bridgehead atoms. The second-order valence-electron chi connectivity index (χ2n) is 6.70. The first kappa shape index (κ1) is 17.1. The fraction of sp³-hybridized carbons (Fsp3) is 0.190. The molecule has 5 nitrogen and oxygen atoms in total. The van der Waals surface area contributed by atoms with Crippen molar-refractivity contribution in [2.24, 2.45) is 0 Å². The third kappa shape index (κ3) is 3.26. The normalized spacial score (nSPS) is 15.6. The van der Waals surface area contributed by atoms with E-state index >= 15 is 0 Å². The van der Waals surface area contributed by atoms with Gasteiger partial charge in [-0.25, -0.2) is 9.07 Å². The molecule has 0 fully saturated rings. The number of anilines is 1. The van der Waals surface area contributed by atoms with Gasteiger partial charge in [0.15, 0.2) is 0 Å². The van der Waals surface area contributed by atoms with Gasteiger partial charge in [0.25, 0.3) is 11.5 Å². The minimum absolute atomic E-state index is 0.0142. The number of fused-ring (bicyclic) bond motifs is 1. The SMILES string of the molecule is C[C@@H]1Cc2ccccc2N1C(=O)c1ccc(=O)n(Cc2cccc(F)c2)n1. The zero-order valence-corrected chi connectivity index (χ0v) is 14.8. The number of hydrogen-bond acceptors (Lipinski definition) is 3. The zero-order valence-electron chi connectivity index (χ0n) is 14.8. The first-order chi connectivity index (χ1) is 13.0. The summed E-state index contributed by atoms with van der Waals surface area (Å²) in [4.78, 5) is 26.9. The second kappa shape index (κ2) is 6.79. The van der Waals surface area contributed by atoms with Crippen molar-refractivity contribution in [3.63, 3.8) is 0 Å². The third-order valence-electron chi connectivity index (χ3n) is 4.73. The highest BCUT2D eigenvalue weighted by Crippen LogP contribution is 2.32. The highest BCUT2D eigenvalue weighted by Gasteiger charge is 2.32. The monoisotopic (exact) mass is 363 g/mol. The number of nitrogens with zero attached hydrogens (tertiary/aromatic N) is 3. The lowest BCUT2D eigenvalue weighted by atomic mass is 10.1. The molecular weight excluding hydrogens is 345 g/mol. The summed E-state index contributed by atoms with van der Waals surface area (Å²) in [5.74, 6) is -0.629. The second-order valence-corrected chi connectivity index (χ2v) is 6.70. The molecule has 0 aliphatic carbocycles. The molecule has 0 radical (unpaired) electrons. The van der Waals surface area contributed by atoms with Crippen molar-refractivity contribution >= 4 is 11.6 Å². The Morgan fingerprint density at radius 2 is 1.96 bits per heavy atom. The Bertz CT molecular complexity index is 1080. The van der Waals surface area contributed by atoms with Gasteiger partial charge in [0, 0.05) is 17.8 Å². The number of para-hydroxylation sites is 1. The van der Waals surface area contributed by atoms with Crippen molar-refractivity contribution in [2.45, 2.75) is 25.9 Å². The molecule has 27 heavy (non-hydrogen) atoms. The number of carbonyl (C=O) groups excluding carboxylic acids is 1. The third-order valence-corrected chi connectivity index (χ3v) is 4.73. The van der Waals surface area contributed by atoms with Gasteiger partial charge in [0.1, 0.15) is 11.5 Å². The van der Waals surface area contributed by atoms with E-state index in [1.807, 2.05) is 31.2 Å². The molecule has 0 N–H and O–H groups in total. The van der Waals surface area contributed by atoms with Crippen molar-refractivity contribution in [3.8, 4) is 0 Å². The van der Waals surface area contributed by atoms with Crippen molar-refractivity contribution < 1.29 is 9.18 Å². The van der Waals surface area contributed by atoms with E-state index in [1.54, 1.807) is 17.0 Å². The van der Waals surface area contributed by atoms with Crippen LogP contribution in [0.2, 0.25) is 0 Å². The highest BCUT2D eigenvalue weighted by molar-refractivity contribution is 6.06. The minimum Gasteiger partial charge on any atom is -0.304 e. The van der Waals surface area contributed by atoms with E-state index in [-0.39, 0.29) is 35.6 Å². The zero-order chi connectivity index (χ0) is 19.0. The Hall–Kier alpha value is -3.28. The van der Waals surface area contributed by atoms with E-state index in [4.69, 9.17) is 0 Å². The Balaban J connectivity index is 1.67. The van der Waals surface area contributed by atoms with E-state index in [0.717, 1.165) is 17.7 Å². The summed E-state index contributed by atoms with van der Waals surface area (Å²) in [6.45, 7) is 2.09. The van der Waals surface area contributed by atoms with Crippen LogP contribution in [0.3, 0.4) is 0 Å². The maximum absolute atomic E-state index is 13.4. The molecular formula is C21H18FN3O2. The average Bonchev–Trinajstić information content (AvgIpc) is 2.98. The standard InChI is InChI=1S/C21H18FN3O2/c1-14-11-16-6-2-3-8-19(16)25(14)21(27)18-9-10-20(26)24(23-18)13-15-5-4-7-17(22)12-15/h2-10,12,14H,11,13H2,1H3/t14-/m1/s1. The van der Waals surface area contributed by atoms with Gasteiger partial charge >= 0.3 is 0 Å². The van der Waals surface area contributed by atoms with Crippen LogP contribution in [-0.2, 0) is 13.0 Å². The van der Waals surface area contributed by atoms with Crippen LogP contribution in [0.5, 0.6) is 0 Å². The van der Waals surface area contributed by atoms with E-state index in [9.17, 15) is 14.0 Å². The minimum atomic E-state index is -0.379. The van der Waals surface area contributed by atoms with E-state index in [1.165, 1.54) is 28.9 Å². The quantitative estimate of drug-likeness (QED) is 0.719. The largest absolute Gasteiger partial charge is 0.304 e. The van der Waals surface area contributed by atoms with Gasteiger partial charge in [-0.1, -0.05) is 30.3 Å². The number of rotatable bonds is 3. The van der Waals surface area contributed by atoms with Gasteiger partial charge in [0.05, 0.1) is 6.54 Å². The van der Waals surface area contributed by atoms with Crippen molar-refractivity contribution in [1.29, 1.82) is 0 Å². The number of benzene rings is 2. The van der Waals surface area contributed by atoms with E-state index in [2.05, 4.69) is 5.10 Å². The van der Waals surface area contributed by atoms with Crippen LogP contribution in [0.4, 0.5) is 10.1 Å². The van der Waals surface area contributed by atoms with Crippen molar-refractivity contribution in [3.05, 3.63) is 93.7 Å². The van der Waals surface area contributed by atoms with Crippen LogP contribution in [0.15, 0.2) is 65.5 Å². The topological polar surface area (TPSA) is 55.2 Å². The lowest BCUT2D eigenvalue weighted by Crippen LogP contribution is -2.37. The molecule has 1 amide bonds. The van der Waals surface area contributed by atoms with E-state index < -0.39 is 0 Å². The number of amides is 1. The van der Waals surface area contributed by atoms with Crippen molar-refractivity contribution in [2.75, 3.05) is 4.90 Å². The number of carbonyl (C=O) groups is 1. The molecule has 1 atom stereocenters. The predicted molar refractivity (Wildman–Crippen MR) is 100 cm³/mol. The summed E-state index contributed by atoms with van der Waals surface area (Å²) < 4.78 is 14.6. The van der Waals surface area contributed by atoms with Crippen molar-refractivity contribution in [1.82, 2.24) is 9.78 Å². The average molecular weight is 363 g/mol. The van der Waals surface area contributed by atoms with Crippen LogP contribution in [0.1, 0.15) is 28.5 Å². The molecule has 0 saturated carbocycles. The summed E-state index contributed by atoms with van der Waals surface area (Å²) in [7, 11) is 0. The van der Waals surface area contributed by atoms with Crippen LogP contribution >= 0.6 is 0 Å². The van der Waals surface area contributed by atoms with E-state index in [0.29, 0.717) is 5.56 Å². The van der Waals surface area contributed by atoms with Gasteiger partial charge in [-0.05, 0) is 48.7 Å². The summed E-state index contributed by atoms with van der Waals surface area (Å²) in [5, 5.41) is 4.24. The molecule has 136 valence electrons. The molecule has 1 aromatic heterocycles. The van der Waals surface area contributed by atoms with Gasteiger partial charge < -0.3 is 4.90 Å². The number of aromatic nitrogens is 2. The summed E-state index contributed by atoms with van der Waals surface area (Å²) in [5.41, 5.74) is 2.44. The fourth-order valence-electron chi connectivity index (χ4n) is 3.48. The Morgan fingerprint density at radius 1 is 1.15 bits per heavy atom. The number of hydrogen-bond donors (Lipinski definition) is 0. The lowest BCUT2D eigenvalue weighted by molar-refractivity contribution is 0.0974. The van der Waals surface area contributed by atoms with Crippen LogP contribution in [0, 0.1) is 5.82 Å². The predicted octanol–water partition coefficient (Wildman–Crippen LogP) is 3.02. The molecule has 2 heterocycles. The van der Waals surface area contributed by atoms with Crippen LogP contribution in [-0.4, -0.2) is 21.7 Å². The number of halogens is 1. The summed E-state index contributed by atoms with van der Waals surface area (Å²) >= 11 is 0. The fourth-order valence-corrected chi connectivity index (χ4v) is 3.48. The molecule has 1 aliphatic rings. The summed E-state index contributed by atoms with van der Waals surface area (Å²) in [6, 6.07) is 16.5. The van der Waals surface area contributed by atoms with Gasteiger partial charge in [-0.15, -0.1) is 0 Å². The Morgan fingerprint density at radius 3 is 2.78 bits per heavy atom. The van der Waals surface area contributed by atoms with Gasteiger partial charge in [-0.2, -0.15) is 5.10 Å². The molecule has 2 aromatic carbocycles. The maximum Gasteiger partial charge on any atom is 0.278 e. The first-order valence-corrected chi connectivity index (χ1v) is 8.77. The summed E-state index contributed by atoms with van der Waals surface area (Å²) in [6.07, 6.45) is 0.783. The van der Waals surface area contributed by atoms with Gasteiger partial charge in [0.2, 0.25) is 0 Å². The van der Waals surface area contributed by atoms with Crippen LogP contribution < -0.4 is 10.5 Å².